The largest absolute Gasteiger partial charge is 0.433 e. The zero-order valence-corrected chi connectivity index (χ0v) is 18.3. The summed E-state index contributed by atoms with van der Waals surface area (Å²) in [5.74, 6) is -0.873. The summed E-state index contributed by atoms with van der Waals surface area (Å²) in [5.41, 5.74) is -0.736. The van der Waals surface area contributed by atoms with E-state index in [0.29, 0.717) is 5.56 Å². The Labute approximate surface area is 194 Å². The van der Waals surface area contributed by atoms with Crippen molar-refractivity contribution in [3.05, 3.63) is 64.3 Å². The minimum absolute atomic E-state index is 0.0249. The number of nitrogens with two attached hydrogens (primary N) is 1. The topological polar surface area (TPSA) is 125 Å². The molecule has 14 heteroatoms. The van der Waals surface area contributed by atoms with Gasteiger partial charge >= 0.3 is 6.18 Å². The standard InChI is InChI=1S/C19H10Cl2F3N5O3S/c20-12-6-3-10(7-13(12)21)14-8-15(19(22,23)24)27-17(26-14)18-28-16(29-32-18)9-1-4-11(5-2-9)33(25,30)31/h1-8H,(H2,25,30,31). The van der Waals surface area contributed by atoms with Crippen molar-refractivity contribution in [1.82, 2.24) is 20.1 Å². The van der Waals surface area contributed by atoms with Gasteiger partial charge in [-0.15, -0.1) is 0 Å². The second-order valence-corrected chi connectivity index (χ2v) is 8.96. The average Bonchev–Trinajstić information content (AvgIpc) is 3.25. The molecule has 0 aliphatic rings. The third-order valence-corrected chi connectivity index (χ3v) is 5.96. The number of alkyl halides is 3. The molecule has 2 N–H and O–H groups in total. The monoisotopic (exact) mass is 515 g/mol. The maximum atomic E-state index is 13.5. The lowest BCUT2D eigenvalue weighted by Gasteiger charge is -2.09. The van der Waals surface area contributed by atoms with Crippen LogP contribution in [0.2, 0.25) is 10.0 Å². The molecule has 0 aliphatic carbocycles. The van der Waals surface area contributed by atoms with E-state index in [1.165, 1.54) is 42.5 Å². The number of rotatable bonds is 4. The number of primary sulfonamides is 1. The van der Waals surface area contributed by atoms with Crippen LogP contribution in [0.3, 0.4) is 0 Å². The first-order valence-corrected chi connectivity index (χ1v) is 11.1. The van der Waals surface area contributed by atoms with Crippen molar-refractivity contribution in [2.24, 2.45) is 5.14 Å². The fraction of sp³-hybridized carbons (Fsp3) is 0.0526. The summed E-state index contributed by atoms with van der Waals surface area (Å²) >= 11 is 11.9. The maximum absolute atomic E-state index is 13.5. The second kappa shape index (κ2) is 8.37. The summed E-state index contributed by atoms with van der Waals surface area (Å²) in [7, 11) is -3.90. The summed E-state index contributed by atoms with van der Waals surface area (Å²) in [6, 6.07) is 10.2. The molecule has 0 saturated heterocycles. The van der Waals surface area contributed by atoms with Gasteiger partial charge in [-0.05, 0) is 42.5 Å². The average molecular weight is 516 g/mol. The van der Waals surface area contributed by atoms with Crippen LogP contribution in [0.15, 0.2) is 57.9 Å². The Morgan fingerprint density at radius 3 is 2.12 bits per heavy atom. The van der Waals surface area contributed by atoms with Crippen LogP contribution in [0.4, 0.5) is 13.2 Å². The van der Waals surface area contributed by atoms with Crippen molar-refractivity contribution >= 4 is 33.2 Å². The first kappa shape index (κ1) is 23.1. The van der Waals surface area contributed by atoms with Crippen LogP contribution in [0.1, 0.15) is 5.69 Å². The SMILES string of the molecule is NS(=O)(=O)c1ccc(-c2noc(-c3nc(-c4ccc(Cl)c(Cl)c4)cc(C(F)(F)F)n3)n2)cc1. The van der Waals surface area contributed by atoms with Crippen molar-refractivity contribution in [2.45, 2.75) is 11.1 Å². The molecular formula is C19H10Cl2F3N5O3S. The molecule has 0 spiro atoms. The molecule has 0 aliphatic heterocycles. The molecule has 8 nitrogen and oxygen atoms in total. The van der Waals surface area contributed by atoms with Crippen LogP contribution < -0.4 is 5.14 Å². The highest BCUT2D eigenvalue weighted by molar-refractivity contribution is 7.89. The van der Waals surface area contributed by atoms with Gasteiger partial charge in [-0.3, -0.25) is 0 Å². The molecule has 0 bridgehead atoms. The third kappa shape index (κ3) is 4.98. The van der Waals surface area contributed by atoms with Crippen LogP contribution in [0.5, 0.6) is 0 Å². The van der Waals surface area contributed by atoms with Crippen LogP contribution >= 0.6 is 23.2 Å². The Kier molecular flexibility index (Phi) is 5.86. The lowest BCUT2D eigenvalue weighted by Crippen LogP contribution is -2.11. The minimum atomic E-state index is -4.78. The van der Waals surface area contributed by atoms with Gasteiger partial charge in [-0.25, -0.2) is 23.5 Å². The molecule has 2 aromatic carbocycles. The van der Waals surface area contributed by atoms with Gasteiger partial charge in [-0.1, -0.05) is 34.4 Å². The molecule has 2 aromatic heterocycles. The van der Waals surface area contributed by atoms with E-state index in [1.807, 2.05) is 0 Å². The Morgan fingerprint density at radius 2 is 1.52 bits per heavy atom. The van der Waals surface area contributed by atoms with Crippen molar-refractivity contribution < 1.29 is 26.1 Å². The molecule has 0 radical (unpaired) electrons. The van der Waals surface area contributed by atoms with Gasteiger partial charge < -0.3 is 4.52 Å². The third-order valence-electron chi connectivity index (χ3n) is 4.29. The molecular weight excluding hydrogens is 506 g/mol. The fourth-order valence-corrected chi connectivity index (χ4v) is 3.53. The highest BCUT2D eigenvalue weighted by Gasteiger charge is 2.34. The lowest BCUT2D eigenvalue weighted by molar-refractivity contribution is -0.141. The Morgan fingerprint density at radius 1 is 0.848 bits per heavy atom. The lowest BCUT2D eigenvalue weighted by atomic mass is 10.1. The van der Waals surface area contributed by atoms with Crippen LogP contribution in [0, 0.1) is 0 Å². The van der Waals surface area contributed by atoms with E-state index in [1.54, 1.807) is 0 Å². The van der Waals surface area contributed by atoms with Crippen molar-refractivity contribution in [2.75, 3.05) is 0 Å². The van der Waals surface area contributed by atoms with Crippen LogP contribution in [-0.2, 0) is 16.2 Å². The van der Waals surface area contributed by atoms with Crippen molar-refractivity contribution in [1.29, 1.82) is 0 Å². The van der Waals surface area contributed by atoms with Gasteiger partial charge in [0, 0.05) is 11.1 Å². The van der Waals surface area contributed by atoms with E-state index in [4.69, 9.17) is 32.9 Å². The van der Waals surface area contributed by atoms with E-state index >= 15 is 0 Å². The predicted octanol–water partition coefficient (Wildman–Crippen LogP) is 4.83. The highest BCUT2D eigenvalue weighted by Crippen LogP contribution is 2.34. The maximum Gasteiger partial charge on any atom is 0.433 e. The highest BCUT2D eigenvalue weighted by atomic mass is 35.5. The molecule has 33 heavy (non-hydrogen) atoms. The number of hydrogen-bond acceptors (Lipinski definition) is 7. The molecule has 2 heterocycles. The summed E-state index contributed by atoms with van der Waals surface area (Å²) < 4.78 is 68.2. The molecule has 4 aromatic rings. The Bertz CT molecular complexity index is 1460. The number of hydrogen-bond donors (Lipinski definition) is 1. The van der Waals surface area contributed by atoms with Crippen LogP contribution in [-0.4, -0.2) is 28.5 Å². The van der Waals surface area contributed by atoms with Gasteiger partial charge in [0.1, 0.15) is 5.69 Å². The van der Waals surface area contributed by atoms with Gasteiger partial charge in [0.25, 0.3) is 5.89 Å². The number of aromatic nitrogens is 4. The first-order valence-electron chi connectivity index (χ1n) is 8.81. The van der Waals surface area contributed by atoms with Gasteiger partial charge in [0.2, 0.25) is 21.7 Å². The summed E-state index contributed by atoms with van der Waals surface area (Å²) in [6.07, 6.45) is -4.78. The van der Waals surface area contributed by atoms with Crippen molar-refractivity contribution in [3.8, 4) is 34.4 Å². The molecule has 0 amide bonds. The summed E-state index contributed by atoms with van der Waals surface area (Å²) in [4.78, 5) is 11.5. The fourth-order valence-electron chi connectivity index (χ4n) is 2.72. The molecule has 170 valence electrons. The quantitative estimate of drug-likeness (QED) is 0.412. The first-order chi connectivity index (χ1) is 15.4. The molecule has 4 rings (SSSR count). The van der Waals surface area contributed by atoms with E-state index < -0.39 is 27.7 Å². The molecule has 0 unspecified atom stereocenters. The van der Waals surface area contributed by atoms with Gasteiger partial charge in [0.05, 0.1) is 20.6 Å². The Hall–Kier alpha value is -3.06. The second-order valence-electron chi connectivity index (χ2n) is 6.58. The summed E-state index contributed by atoms with van der Waals surface area (Å²) in [5, 5.41) is 9.11. The predicted molar refractivity (Wildman–Crippen MR) is 113 cm³/mol. The zero-order valence-electron chi connectivity index (χ0n) is 16.0. The molecule has 0 fully saturated rings. The van der Waals surface area contributed by atoms with E-state index in [-0.39, 0.29) is 37.9 Å². The van der Waals surface area contributed by atoms with Gasteiger partial charge in [-0.2, -0.15) is 18.2 Å². The smallest absolute Gasteiger partial charge is 0.330 e. The number of benzene rings is 2. The molecule has 0 saturated carbocycles. The summed E-state index contributed by atoms with van der Waals surface area (Å²) in [6.45, 7) is 0. The van der Waals surface area contributed by atoms with E-state index in [0.717, 1.165) is 6.07 Å². The number of halogens is 5. The number of sulfonamides is 1. The Balaban J connectivity index is 1.77. The molecule has 0 atom stereocenters. The zero-order chi connectivity index (χ0) is 24.0. The number of nitrogens with zero attached hydrogens (tertiary/aromatic N) is 4. The normalized spacial score (nSPS) is 12.2. The van der Waals surface area contributed by atoms with Crippen LogP contribution in [0.25, 0.3) is 34.4 Å². The van der Waals surface area contributed by atoms with Crippen molar-refractivity contribution in [3.63, 3.8) is 0 Å². The minimum Gasteiger partial charge on any atom is -0.330 e. The van der Waals surface area contributed by atoms with E-state index in [9.17, 15) is 21.6 Å². The van der Waals surface area contributed by atoms with E-state index in [2.05, 4.69) is 20.1 Å². The van der Waals surface area contributed by atoms with Gasteiger partial charge in [0.15, 0.2) is 0 Å².